The molecule has 0 radical (unpaired) electrons. The minimum Gasteiger partial charge on any atom is -0.453 e. The highest BCUT2D eigenvalue weighted by molar-refractivity contribution is 7.90. The van der Waals surface area contributed by atoms with Crippen LogP contribution >= 0.6 is 11.6 Å². The fourth-order valence-corrected chi connectivity index (χ4v) is 8.82. The number of methoxy groups -OCH3 is 1. The Hall–Kier alpha value is -3.39. The van der Waals surface area contributed by atoms with Gasteiger partial charge in [-0.1, -0.05) is 29.8 Å². The third kappa shape index (κ3) is 8.19. The van der Waals surface area contributed by atoms with Crippen molar-refractivity contribution in [2.75, 3.05) is 20.2 Å². The molecule has 3 N–H and O–H groups in total. The Balaban J connectivity index is 1.42. The number of alkyl halides is 1. The third-order valence-electron chi connectivity index (χ3n) is 8.83. The summed E-state index contributed by atoms with van der Waals surface area (Å²) in [6, 6.07) is 6.90. The summed E-state index contributed by atoms with van der Waals surface area (Å²) >= 11 is 6.09. The molecule has 9 nitrogen and oxygen atoms in total. The topological polar surface area (TPSA) is 117 Å². The number of hydrogen-bond acceptors (Lipinski definition) is 6. The van der Waals surface area contributed by atoms with Crippen LogP contribution in [-0.4, -0.2) is 74.5 Å². The molecule has 1 saturated carbocycles. The third-order valence-corrected chi connectivity index (χ3v) is 11.6. The molecule has 1 aliphatic heterocycles. The van der Waals surface area contributed by atoms with Crippen LogP contribution in [0.2, 0.25) is 5.02 Å². The van der Waals surface area contributed by atoms with Gasteiger partial charge in [-0.3, -0.25) is 4.79 Å². The number of alkyl carbamates (subject to hydrolysis) is 1. The number of nitrogens with zero attached hydrogens (tertiary/aromatic N) is 1. The Labute approximate surface area is 277 Å². The monoisotopic (exact) mass is 694 g/mol. The Morgan fingerprint density at radius 2 is 1.74 bits per heavy atom. The van der Waals surface area contributed by atoms with E-state index in [1.54, 1.807) is 34.6 Å². The summed E-state index contributed by atoms with van der Waals surface area (Å²) in [5, 5.41) is 8.51. The van der Waals surface area contributed by atoms with Crippen molar-refractivity contribution in [3.63, 3.8) is 0 Å². The zero-order valence-corrected chi connectivity index (χ0v) is 27.5. The number of rotatable bonds is 11. The molecule has 2 aromatic rings. The number of piperazine rings is 1. The van der Waals surface area contributed by atoms with E-state index in [9.17, 15) is 26.8 Å². The highest BCUT2D eigenvalue weighted by atomic mass is 35.5. The number of benzene rings is 2. The quantitative estimate of drug-likeness (QED) is 0.307. The maximum absolute atomic E-state index is 15.5. The molecule has 6 atom stereocenters. The number of hydrogen-bond donors (Lipinski definition) is 3. The van der Waals surface area contributed by atoms with Gasteiger partial charge in [-0.2, -0.15) is 4.31 Å². The van der Waals surface area contributed by atoms with Gasteiger partial charge in [0.2, 0.25) is 15.9 Å². The van der Waals surface area contributed by atoms with Crippen molar-refractivity contribution in [1.82, 2.24) is 20.3 Å². The fraction of sp³-hybridized carbons (Fsp3) is 0.455. The lowest BCUT2D eigenvalue weighted by Gasteiger charge is -2.41. The van der Waals surface area contributed by atoms with Gasteiger partial charge in [0, 0.05) is 53.8 Å². The van der Waals surface area contributed by atoms with E-state index >= 15 is 4.39 Å². The lowest BCUT2D eigenvalue weighted by molar-refractivity contribution is -0.122. The molecule has 14 heteroatoms. The summed E-state index contributed by atoms with van der Waals surface area (Å²) in [6.45, 7) is 2.78. The number of ether oxygens (including phenoxy) is 1. The van der Waals surface area contributed by atoms with Crippen molar-refractivity contribution in [2.24, 2.45) is 5.92 Å². The minimum absolute atomic E-state index is 0.0506. The number of nitrogens with one attached hydrogen (secondary N) is 3. The standard InChI is InChI=1S/C33H38ClF3N4O5S/c1-19-17-38-18-25(41(19)47(44,45)26-11-12-26)10-13-27-28(37)4-3-5-29(27)39-32(42)31(40-33(43)46-2)30(20-6-8-22(34)9-7-20)21-14-23(35)16-24(36)15-21/h3-9,14-16,19,25-28,30-31,38H,10-13,17-18H2,1-2H3,(H,39,42)(H,40,43)/t19-,25-,27?,28?,30-,31-/m0/s1. The maximum Gasteiger partial charge on any atom is 0.407 e. The van der Waals surface area contributed by atoms with E-state index in [1.165, 1.54) is 12.2 Å². The average Bonchev–Trinajstić information content (AvgIpc) is 3.87. The molecular formula is C33H38ClF3N4O5S. The van der Waals surface area contributed by atoms with Crippen molar-refractivity contribution in [2.45, 2.75) is 68.1 Å². The molecule has 3 aliphatic rings. The van der Waals surface area contributed by atoms with Crippen molar-refractivity contribution >= 4 is 33.6 Å². The fourth-order valence-electron chi connectivity index (χ4n) is 6.45. The molecule has 5 rings (SSSR count). The average molecular weight is 695 g/mol. The molecule has 254 valence electrons. The van der Waals surface area contributed by atoms with Crippen LogP contribution in [0, 0.1) is 17.6 Å². The van der Waals surface area contributed by atoms with Crippen LogP contribution in [-0.2, 0) is 19.6 Å². The number of amides is 2. The highest BCUT2D eigenvalue weighted by Crippen LogP contribution is 2.36. The molecule has 2 unspecified atom stereocenters. The molecule has 1 saturated heterocycles. The SMILES string of the molecule is COC(=O)N[C@H](C(=O)NC1=CC=CC(F)C1CC[C@H]1CNC[C@H](C)N1S(=O)(=O)C1CC1)[C@@H](c1ccc(Cl)cc1)c1cc(F)cc(F)c1. The largest absolute Gasteiger partial charge is 0.453 e. The van der Waals surface area contributed by atoms with Crippen LogP contribution in [0.15, 0.2) is 66.4 Å². The summed E-state index contributed by atoms with van der Waals surface area (Å²) in [4.78, 5) is 26.6. The van der Waals surface area contributed by atoms with Gasteiger partial charge in [-0.25, -0.2) is 26.4 Å². The van der Waals surface area contributed by atoms with Gasteiger partial charge in [0.15, 0.2) is 0 Å². The summed E-state index contributed by atoms with van der Waals surface area (Å²) in [5.41, 5.74) is 0.675. The van der Waals surface area contributed by atoms with Crippen LogP contribution in [0.1, 0.15) is 49.7 Å². The highest BCUT2D eigenvalue weighted by Gasteiger charge is 2.46. The Morgan fingerprint density at radius 1 is 1.06 bits per heavy atom. The molecule has 2 aromatic carbocycles. The van der Waals surface area contributed by atoms with E-state index in [1.807, 2.05) is 6.92 Å². The predicted molar refractivity (Wildman–Crippen MR) is 172 cm³/mol. The van der Waals surface area contributed by atoms with Gasteiger partial charge in [0.1, 0.15) is 23.8 Å². The second-order valence-corrected chi connectivity index (χ2v) is 14.8. The second kappa shape index (κ2) is 14.8. The van der Waals surface area contributed by atoms with Crippen LogP contribution in [0.3, 0.4) is 0 Å². The molecule has 2 amide bonds. The zero-order valence-electron chi connectivity index (χ0n) is 26.0. The van der Waals surface area contributed by atoms with Crippen LogP contribution in [0.4, 0.5) is 18.0 Å². The zero-order chi connectivity index (χ0) is 33.9. The number of allylic oxidation sites excluding steroid dienone is 4. The van der Waals surface area contributed by atoms with Crippen LogP contribution < -0.4 is 16.0 Å². The number of carbonyl (C=O) groups excluding carboxylic acids is 2. The first-order valence-corrected chi connectivity index (χ1v) is 17.4. The lowest BCUT2D eigenvalue weighted by Crippen LogP contribution is -2.59. The van der Waals surface area contributed by atoms with E-state index in [4.69, 9.17) is 16.3 Å². The molecule has 2 aliphatic carbocycles. The summed E-state index contributed by atoms with van der Waals surface area (Å²) in [7, 11) is -2.39. The normalized spacial score (nSPS) is 24.6. The first kappa shape index (κ1) is 34.9. The molecule has 47 heavy (non-hydrogen) atoms. The maximum atomic E-state index is 15.5. The molecule has 0 bridgehead atoms. The van der Waals surface area contributed by atoms with Crippen molar-refractivity contribution in [1.29, 1.82) is 0 Å². The van der Waals surface area contributed by atoms with E-state index in [2.05, 4.69) is 16.0 Å². The van der Waals surface area contributed by atoms with E-state index < -0.39 is 63.7 Å². The van der Waals surface area contributed by atoms with Crippen molar-refractivity contribution < 1.29 is 35.9 Å². The van der Waals surface area contributed by atoms with Crippen LogP contribution in [0.25, 0.3) is 0 Å². The summed E-state index contributed by atoms with van der Waals surface area (Å²) in [6.07, 6.45) is 3.70. The van der Waals surface area contributed by atoms with Gasteiger partial charge in [0.25, 0.3) is 0 Å². The number of carbonyl (C=O) groups is 2. The summed E-state index contributed by atoms with van der Waals surface area (Å²) < 4.78 is 77.4. The van der Waals surface area contributed by atoms with Crippen molar-refractivity contribution in [3.05, 3.63) is 94.2 Å². The van der Waals surface area contributed by atoms with Gasteiger partial charge in [-0.15, -0.1) is 0 Å². The van der Waals surface area contributed by atoms with Gasteiger partial charge < -0.3 is 20.7 Å². The Bertz CT molecular complexity index is 1620. The second-order valence-electron chi connectivity index (χ2n) is 12.2. The van der Waals surface area contributed by atoms with E-state index in [-0.39, 0.29) is 29.0 Å². The minimum atomic E-state index is -3.50. The molecule has 2 fully saturated rings. The Morgan fingerprint density at radius 3 is 2.38 bits per heavy atom. The number of halogens is 4. The predicted octanol–water partition coefficient (Wildman–Crippen LogP) is 4.93. The number of sulfonamides is 1. The molecule has 0 spiro atoms. The molecule has 0 aromatic heterocycles. The van der Waals surface area contributed by atoms with Crippen LogP contribution in [0.5, 0.6) is 0 Å². The van der Waals surface area contributed by atoms with E-state index in [0.717, 1.165) is 19.2 Å². The smallest absolute Gasteiger partial charge is 0.407 e. The van der Waals surface area contributed by atoms with Gasteiger partial charge in [0.05, 0.1) is 12.4 Å². The van der Waals surface area contributed by atoms with Crippen molar-refractivity contribution in [3.8, 4) is 0 Å². The summed E-state index contributed by atoms with van der Waals surface area (Å²) in [5.74, 6) is -4.52. The molecule has 1 heterocycles. The van der Waals surface area contributed by atoms with Gasteiger partial charge >= 0.3 is 6.09 Å². The van der Waals surface area contributed by atoms with E-state index in [0.29, 0.717) is 49.0 Å². The Kier molecular flexibility index (Phi) is 11.0. The van der Waals surface area contributed by atoms with Gasteiger partial charge in [-0.05, 0) is 80.2 Å². The first-order chi connectivity index (χ1) is 22.4. The molecular weight excluding hydrogens is 657 g/mol. The lowest BCUT2D eigenvalue weighted by atomic mass is 9.83. The first-order valence-electron chi connectivity index (χ1n) is 15.5.